The average molecular weight is 158 g/mol. The minimum atomic E-state index is -4.12. The summed E-state index contributed by atoms with van der Waals surface area (Å²) in [4.78, 5) is 3.08. The van der Waals surface area contributed by atoms with Crippen molar-refractivity contribution in [1.82, 2.24) is 4.98 Å². The molecule has 0 aromatic carbocycles. The Labute approximate surface area is 58.3 Å². The zero-order valence-corrected chi connectivity index (χ0v) is 5.67. The van der Waals surface area contributed by atoms with E-state index in [2.05, 4.69) is 11.2 Å². The van der Waals surface area contributed by atoms with Gasteiger partial charge in [0, 0.05) is 6.20 Å². The molecule has 0 atom stereocenters. The van der Waals surface area contributed by atoms with Gasteiger partial charge in [-0.15, -0.1) is 0 Å². The van der Waals surface area contributed by atoms with E-state index < -0.39 is 10.1 Å². The van der Waals surface area contributed by atoms with E-state index in [0.29, 0.717) is 0 Å². The molecule has 0 aliphatic rings. The summed E-state index contributed by atoms with van der Waals surface area (Å²) in [6.07, 6.45) is 3.49. The van der Waals surface area contributed by atoms with Crippen LogP contribution in [0, 0.1) is 6.20 Å². The summed E-state index contributed by atoms with van der Waals surface area (Å²) in [6.45, 7) is 0. The fourth-order valence-corrected chi connectivity index (χ4v) is 0.874. The molecule has 0 unspecified atom stereocenters. The molecule has 5 heteroatoms. The van der Waals surface area contributed by atoms with Crippen LogP contribution in [0.4, 0.5) is 0 Å². The van der Waals surface area contributed by atoms with E-state index >= 15 is 0 Å². The van der Waals surface area contributed by atoms with Crippen molar-refractivity contribution in [2.75, 3.05) is 0 Å². The minimum absolute atomic E-state index is 0.310. The zero-order chi connectivity index (χ0) is 7.61. The van der Waals surface area contributed by atoms with E-state index in [4.69, 9.17) is 4.55 Å². The second-order valence-corrected chi connectivity index (χ2v) is 2.98. The number of hydrogen-bond acceptors (Lipinski definition) is 3. The Morgan fingerprint density at radius 2 is 2.30 bits per heavy atom. The van der Waals surface area contributed by atoms with E-state index in [0.717, 1.165) is 0 Å². The number of rotatable bonds is 1. The van der Waals surface area contributed by atoms with Crippen molar-refractivity contribution in [3.05, 3.63) is 24.5 Å². The Morgan fingerprint density at radius 1 is 1.60 bits per heavy atom. The molecule has 53 valence electrons. The molecular weight excluding hydrogens is 154 g/mol. The molecule has 0 bridgehead atoms. The van der Waals surface area contributed by atoms with Gasteiger partial charge in [0.15, 0.2) is 0 Å². The number of hydrogen-bond donors (Lipinski definition) is 1. The van der Waals surface area contributed by atoms with Gasteiger partial charge < -0.3 is 0 Å². The first-order chi connectivity index (χ1) is 4.61. The van der Waals surface area contributed by atoms with E-state index in [1.807, 2.05) is 0 Å². The van der Waals surface area contributed by atoms with Crippen LogP contribution in [0.25, 0.3) is 0 Å². The van der Waals surface area contributed by atoms with Gasteiger partial charge in [0.1, 0.15) is 11.1 Å². The third-order valence-electron chi connectivity index (χ3n) is 0.861. The molecule has 0 aliphatic heterocycles. The Kier molecular flexibility index (Phi) is 1.69. The molecule has 1 N–H and O–H groups in total. The molecule has 1 radical (unpaired) electrons. The van der Waals surface area contributed by atoms with Gasteiger partial charge in [-0.05, 0) is 12.1 Å². The van der Waals surface area contributed by atoms with Crippen LogP contribution < -0.4 is 0 Å². The normalized spacial score (nSPS) is 11.3. The SMILES string of the molecule is O=S(=O)(O)c1[c]nccc1. The lowest BCUT2D eigenvalue weighted by Crippen LogP contribution is -1.97. The molecular formula is C5H4NO3S. The highest BCUT2D eigenvalue weighted by Crippen LogP contribution is 2.02. The summed E-state index contributed by atoms with van der Waals surface area (Å²) in [7, 11) is -4.12. The summed E-state index contributed by atoms with van der Waals surface area (Å²) in [5, 5.41) is 0. The Balaban J connectivity index is 3.22. The van der Waals surface area contributed by atoms with E-state index in [1.165, 1.54) is 18.3 Å². The molecule has 4 nitrogen and oxygen atoms in total. The van der Waals surface area contributed by atoms with Crippen LogP contribution in [-0.2, 0) is 10.1 Å². The predicted molar refractivity (Wildman–Crippen MR) is 32.9 cm³/mol. The Morgan fingerprint density at radius 3 is 2.60 bits per heavy atom. The highest BCUT2D eigenvalue weighted by Gasteiger charge is 2.07. The lowest BCUT2D eigenvalue weighted by atomic mass is 10.5. The highest BCUT2D eigenvalue weighted by atomic mass is 32.2. The van der Waals surface area contributed by atoms with Gasteiger partial charge in [-0.3, -0.25) is 9.54 Å². The standard InChI is InChI=1S/C5H4NO3S/c7-10(8,9)5-2-1-3-6-4-5/h1-3H,(H,7,8,9). The third-order valence-corrected chi connectivity index (χ3v) is 1.64. The molecule has 10 heavy (non-hydrogen) atoms. The van der Waals surface area contributed by atoms with Gasteiger partial charge >= 0.3 is 0 Å². The molecule has 0 saturated carbocycles. The second-order valence-electron chi connectivity index (χ2n) is 1.59. The maximum Gasteiger partial charge on any atom is 0.296 e. The van der Waals surface area contributed by atoms with Gasteiger partial charge in [-0.25, -0.2) is 0 Å². The topological polar surface area (TPSA) is 67.3 Å². The largest absolute Gasteiger partial charge is 0.296 e. The van der Waals surface area contributed by atoms with Crippen molar-refractivity contribution in [3.8, 4) is 0 Å². The average Bonchev–Trinajstić information content (AvgIpc) is 1.88. The van der Waals surface area contributed by atoms with Gasteiger partial charge in [0.05, 0.1) is 0 Å². The molecule has 0 saturated heterocycles. The second kappa shape index (κ2) is 2.36. The molecule has 1 aromatic rings. The molecule has 0 fully saturated rings. The van der Waals surface area contributed by atoms with Crippen LogP contribution in [0.2, 0.25) is 0 Å². The third kappa shape index (κ3) is 1.52. The van der Waals surface area contributed by atoms with Gasteiger partial charge in [-0.1, -0.05) is 0 Å². The first kappa shape index (κ1) is 7.17. The van der Waals surface area contributed by atoms with Crippen LogP contribution in [-0.4, -0.2) is 18.0 Å². The fraction of sp³-hybridized carbons (Fsp3) is 0. The summed E-state index contributed by atoms with van der Waals surface area (Å²) < 4.78 is 29.0. The van der Waals surface area contributed by atoms with Crippen molar-refractivity contribution >= 4 is 10.1 Å². The Hall–Kier alpha value is -0.940. The lowest BCUT2D eigenvalue weighted by molar-refractivity contribution is 0.482. The molecule has 0 spiro atoms. The van der Waals surface area contributed by atoms with Crippen LogP contribution in [0.3, 0.4) is 0 Å². The number of nitrogens with zero attached hydrogens (tertiary/aromatic N) is 1. The smallest absolute Gasteiger partial charge is 0.282 e. The van der Waals surface area contributed by atoms with Crippen LogP contribution in [0.1, 0.15) is 0 Å². The van der Waals surface area contributed by atoms with E-state index in [-0.39, 0.29) is 4.90 Å². The molecule has 1 rings (SSSR count). The summed E-state index contributed by atoms with van der Waals surface area (Å²) in [5.74, 6) is 0. The van der Waals surface area contributed by atoms with Crippen molar-refractivity contribution in [3.63, 3.8) is 0 Å². The first-order valence-corrected chi connectivity index (χ1v) is 3.85. The minimum Gasteiger partial charge on any atom is -0.282 e. The summed E-state index contributed by atoms with van der Waals surface area (Å²) in [5.41, 5.74) is 0. The van der Waals surface area contributed by atoms with Crippen molar-refractivity contribution in [1.29, 1.82) is 0 Å². The van der Waals surface area contributed by atoms with Gasteiger partial charge in [0.2, 0.25) is 0 Å². The predicted octanol–water partition coefficient (Wildman–Crippen LogP) is 0.128. The molecule has 0 aliphatic carbocycles. The zero-order valence-electron chi connectivity index (χ0n) is 4.85. The van der Waals surface area contributed by atoms with Crippen molar-refractivity contribution in [2.45, 2.75) is 4.90 Å². The summed E-state index contributed by atoms with van der Waals surface area (Å²) >= 11 is 0. The van der Waals surface area contributed by atoms with Crippen LogP contribution in [0.15, 0.2) is 23.2 Å². The van der Waals surface area contributed by atoms with Gasteiger partial charge in [0.25, 0.3) is 10.1 Å². The lowest BCUT2D eigenvalue weighted by Gasteiger charge is -1.90. The quantitative estimate of drug-likeness (QED) is 0.590. The van der Waals surface area contributed by atoms with E-state index in [1.54, 1.807) is 0 Å². The van der Waals surface area contributed by atoms with Crippen LogP contribution in [0.5, 0.6) is 0 Å². The molecule has 0 amide bonds. The first-order valence-electron chi connectivity index (χ1n) is 2.41. The molecule has 1 aromatic heterocycles. The Bertz CT molecular complexity index is 305. The highest BCUT2D eigenvalue weighted by molar-refractivity contribution is 7.85. The maximum absolute atomic E-state index is 10.3. The van der Waals surface area contributed by atoms with Gasteiger partial charge in [-0.2, -0.15) is 8.42 Å². The number of pyridine rings is 1. The number of aromatic nitrogens is 1. The summed E-state index contributed by atoms with van der Waals surface area (Å²) in [6, 6.07) is 2.61. The maximum atomic E-state index is 10.3. The fourth-order valence-electron chi connectivity index (χ4n) is 0.455. The molecule has 1 heterocycles. The van der Waals surface area contributed by atoms with E-state index in [9.17, 15) is 8.42 Å². The van der Waals surface area contributed by atoms with Crippen LogP contribution >= 0.6 is 0 Å². The monoisotopic (exact) mass is 158 g/mol. The van der Waals surface area contributed by atoms with Crippen molar-refractivity contribution in [2.24, 2.45) is 0 Å². The van der Waals surface area contributed by atoms with Crippen molar-refractivity contribution < 1.29 is 13.0 Å².